The third-order valence-corrected chi connectivity index (χ3v) is 4.72. The van der Waals surface area contributed by atoms with Crippen LogP contribution >= 0.6 is 12.2 Å². The molecule has 1 N–H and O–H groups in total. The number of thiocarbonyl (C=S) groups is 1. The highest BCUT2D eigenvalue weighted by atomic mass is 32.1. The highest BCUT2D eigenvalue weighted by Gasteiger charge is 2.43. The summed E-state index contributed by atoms with van der Waals surface area (Å²) in [4.78, 5) is 28.5. The molecule has 0 bridgehead atoms. The van der Waals surface area contributed by atoms with Gasteiger partial charge in [0.15, 0.2) is 5.11 Å². The third kappa shape index (κ3) is 3.95. The molecule has 2 heterocycles. The van der Waals surface area contributed by atoms with Crippen molar-refractivity contribution in [3.63, 3.8) is 0 Å². The van der Waals surface area contributed by atoms with E-state index in [0.29, 0.717) is 35.5 Å². The fraction of sp³-hybridized carbons (Fsp3) is 0.316. The number of nitrogens with zero attached hydrogens (tertiary/aromatic N) is 2. The molecule has 1 aliphatic heterocycles. The number of carbonyl (C=O) groups is 2. The molecule has 0 radical (unpaired) electrons. The molecule has 0 spiro atoms. The SMILES string of the molecule is CCOc1ccc(N2C(=O)C[C@@H](N(Cc3ccco3)C(=S)NC)C2=O)cc1. The van der Waals surface area contributed by atoms with E-state index in [1.807, 2.05) is 6.92 Å². The Hall–Kier alpha value is -2.87. The van der Waals surface area contributed by atoms with Gasteiger partial charge in [0.25, 0.3) is 5.91 Å². The van der Waals surface area contributed by atoms with Crippen molar-refractivity contribution in [3.05, 3.63) is 48.4 Å². The summed E-state index contributed by atoms with van der Waals surface area (Å²) in [5.41, 5.74) is 0.518. The van der Waals surface area contributed by atoms with E-state index in [0.717, 1.165) is 0 Å². The number of furan rings is 1. The van der Waals surface area contributed by atoms with Crippen molar-refractivity contribution < 1.29 is 18.7 Å². The maximum Gasteiger partial charge on any atom is 0.257 e. The van der Waals surface area contributed by atoms with Crippen LogP contribution in [0.15, 0.2) is 47.1 Å². The van der Waals surface area contributed by atoms with Gasteiger partial charge in [0.05, 0.1) is 31.5 Å². The van der Waals surface area contributed by atoms with Crippen molar-refractivity contribution in [1.29, 1.82) is 0 Å². The number of nitrogens with one attached hydrogen (secondary N) is 1. The summed E-state index contributed by atoms with van der Waals surface area (Å²) < 4.78 is 10.8. The summed E-state index contributed by atoms with van der Waals surface area (Å²) in [6.07, 6.45) is 1.61. The molecule has 0 unspecified atom stereocenters. The van der Waals surface area contributed by atoms with Gasteiger partial charge in [0.1, 0.15) is 17.6 Å². The Morgan fingerprint density at radius 3 is 2.67 bits per heavy atom. The van der Waals surface area contributed by atoms with Crippen molar-refractivity contribution in [2.24, 2.45) is 0 Å². The Morgan fingerprint density at radius 1 is 1.33 bits per heavy atom. The third-order valence-electron chi connectivity index (χ3n) is 4.29. The maximum absolute atomic E-state index is 13.0. The van der Waals surface area contributed by atoms with Crippen LogP contribution in [0.2, 0.25) is 0 Å². The van der Waals surface area contributed by atoms with E-state index < -0.39 is 6.04 Å². The molecule has 142 valence electrons. The molecule has 3 rings (SSSR count). The van der Waals surface area contributed by atoms with Crippen LogP contribution in [0.3, 0.4) is 0 Å². The van der Waals surface area contributed by atoms with Crippen LogP contribution in [0.1, 0.15) is 19.1 Å². The average Bonchev–Trinajstić information content (AvgIpc) is 3.28. The number of ether oxygens (including phenoxy) is 1. The molecular formula is C19H21N3O4S. The summed E-state index contributed by atoms with van der Waals surface area (Å²) in [6.45, 7) is 2.74. The first-order valence-corrected chi connectivity index (χ1v) is 9.06. The minimum Gasteiger partial charge on any atom is -0.494 e. The molecule has 0 saturated carbocycles. The molecular weight excluding hydrogens is 366 g/mol. The number of amides is 2. The minimum atomic E-state index is -0.686. The molecule has 1 aromatic heterocycles. The van der Waals surface area contributed by atoms with Crippen molar-refractivity contribution in [2.75, 3.05) is 18.6 Å². The predicted octanol–water partition coefficient (Wildman–Crippen LogP) is 2.32. The largest absolute Gasteiger partial charge is 0.494 e. The number of carbonyl (C=O) groups excluding carboxylic acids is 2. The van der Waals surface area contributed by atoms with E-state index in [1.54, 1.807) is 54.6 Å². The van der Waals surface area contributed by atoms with Gasteiger partial charge in [-0.25, -0.2) is 4.90 Å². The lowest BCUT2D eigenvalue weighted by Crippen LogP contribution is -2.48. The van der Waals surface area contributed by atoms with Crippen molar-refractivity contribution >= 4 is 34.8 Å². The molecule has 2 amide bonds. The zero-order chi connectivity index (χ0) is 19.4. The van der Waals surface area contributed by atoms with Crippen molar-refractivity contribution in [3.8, 4) is 5.75 Å². The van der Waals surface area contributed by atoms with Crippen LogP contribution in [0.25, 0.3) is 0 Å². The monoisotopic (exact) mass is 387 g/mol. The number of imide groups is 1. The van der Waals surface area contributed by atoms with E-state index in [-0.39, 0.29) is 18.2 Å². The number of benzene rings is 1. The number of rotatable bonds is 6. The smallest absolute Gasteiger partial charge is 0.257 e. The second kappa shape index (κ2) is 8.22. The fourth-order valence-corrected chi connectivity index (χ4v) is 3.22. The lowest BCUT2D eigenvalue weighted by molar-refractivity contribution is -0.122. The molecule has 7 nitrogen and oxygen atoms in total. The Labute approximate surface area is 162 Å². The first-order valence-electron chi connectivity index (χ1n) is 8.65. The van der Waals surface area contributed by atoms with Gasteiger partial charge in [-0.2, -0.15) is 0 Å². The van der Waals surface area contributed by atoms with E-state index >= 15 is 0 Å². The summed E-state index contributed by atoms with van der Waals surface area (Å²) >= 11 is 5.35. The minimum absolute atomic E-state index is 0.0502. The summed E-state index contributed by atoms with van der Waals surface area (Å²) in [7, 11) is 1.68. The Kier molecular flexibility index (Phi) is 5.75. The molecule has 27 heavy (non-hydrogen) atoms. The van der Waals surface area contributed by atoms with Gasteiger partial charge < -0.3 is 19.4 Å². The van der Waals surface area contributed by atoms with Crippen molar-refractivity contribution in [1.82, 2.24) is 10.2 Å². The second-order valence-corrected chi connectivity index (χ2v) is 6.36. The van der Waals surface area contributed by atoms with Crippen LogP contribution in [0.4, 0.5) is 5.69 Å². The van der Waals surface area contributed by atoms with Crippen LogP contribution in [-0.4, -0.2) is 41.5 Å². The van der Waals surface area contributed by atoms with Gasteiger partial charge in [-0.3, -0.25) is 9.59 Å². The van der Waals surface area contributed by atoms with E-state index in [4.69, 9.17) is 21.4 Å². The molecule has 1 fully saturated rings. The van der Waals surface area contributed by atoms with Crippen molar-refractivity contribution in [2.45, 2.75) is 25.9 Å². The normalized spacial score (nSPS) is 16.5. The number of anilines is 1. The van der Waals surface area contributed by atoms with Gasteiger partial charge in [-0.05, 0) is 55.5 Å². The molecule has 8 heteroatoms. The van der Waals surface area contributed by atoms with Gasteiger partial charge in [0.2, 0.25) is 5.91 Å². The quantitative estimate of drug-likeness (QED) is 0.602. The van der Waals surface area contributed by atoms with Crippen LogP contribution in [-0.2, 0) is 16.1 Å². The first kappa shape index (κ1) is 18.9. The second-order valence-electron chi connectivity index (χ2n) is 5.98. The predicted molar refractivity (Wildman–Crippen MR) is 104 cm³/mol. The zero-order valence-corrected chi connectivity index (χ0v) is 16.0. The van der Waals surface area contributed by atoms with Crippen LogP contribution in [0, 0.1) is 0 Å². The van der Waals surface area contributed by atoms with E-state index in [9.17, 15) is 9.59 Å². The zero-order valence-electron chi connectivity index (χ0n) is 15.2. The average molecular weight is 387 g/mol. The van der Waals surface area contributed by atoms with Gasteiger partial charge in [-0.1, -0.05) is 0 Å². The molecule has 1 aliphatic rings. The standard InChI is InChI=1S/C19H21N3O4S/c1-3-25-14-8-6-13(7-9-14)22-17(23)11-16(18(22)24)21(19(27)20-2)12-15-5-4-10-26-15/h4-10,16H,3,11-12H2,1-2H3,(H,20,27)/t16-/m1/s1. The summed E-state index contributed by atoms with van der Waals surface area (Å²) in [5, 5.41) is 3.26. The first-order chi connectivity index (χ1) is 13.0. The topological polar surface area (TPSA) is 75.0 Å². The Balaban J connectivity index is 1.83. The molecule has 0 aliphatic carbocycles. The molecule has 1 aromatic carbocycles. The maximum atomic E-state index is 13.0. The van der Waals surface area contributed by atoms with Crippen LogP contribution < -0.4 is 15.0 Å². The summed E-state index contributed by atoms with van der Waals surface area (Å²) in [5.74, 6) is 0.769. The summed E-state index contributed by atoms with van der Waals surface area (Å²) in [6, 6.07) is 9.78. The van der Waals surface area contributed by atoms with E-state index in [2.05, 4.69) is 5.32 Å². The van der Waals surface area contributed by atoms with Gasteiger partial charge in [0, 0.05) is 7.05 Å². The van der Waals surface area contributed by atoms with E-state index in [1.165, 1.54) is 4.90 Å². The number of hydrogen-bond donors (Lipinski definition) is 1. The Morgan fingerprint density at radius 2 is 2.07 bits per heavy atom. The Bertz CT molecular complexity index is 820. The molecule has 1 saturated heterocycles. The van der Waals surface area contributed by atoms with Gasteiger partial charge >= 0.3 is 0 Å². The van der Waals surface area contributed by atoms with Crippen LogP contribution in [0.5, 0.6) is 5.75 Å². The highest BCUT2D eigenvalue weighted by Crippen LogP contribution is 2.28. The lowest BCUT2D eigenvalue weighted by atomic mass is 10.2. The number of hydrogen-bond acceptors (Lipinski definition) is 5. The molecule has 1 atom stereocenters. The lowest BCUT2D eigenvalue weighted by Gasteiger charge is -2.28. The van der Waals surface area contributed by atoms with Gasteiger partial charge in [-0.15, -0.1) is 0 Å². The molecule has 2 aromatic rings. The highest BCUT2D eigenvalue weighted by molar-refractivity contribution is 7.80. The fourth-order valence-electron chi connectivity index (χ4n) is 3.03.